The van der Waals surface area contributed by atoms with Crippen LogP contribution in [-0.2, 0) is 15.1 Å². The first-order valence-corrected chi connectivity index (χ1v) is 16.1. The first-order chi connectivity index (χ1) is 21.7. The van der Waals surface area contributed by atoms with Crippen LogP contribution in [0.3, 0.4) is 0 Å². The summed E-state index contributed by atoms with van der Waals surface area (Å²) in [5, 5.41) is 9.20. The highest BCUT2D eigenvalue weighted by molar-refractivity contribution is 9.10. The highest BCUT2D eigenvalue weighted by atomic mass is 79.9. The number of hydrogen-bond donors (Lipinski definition) is 1. The van der Waals surface area contributed by atoms with Gasteiger partial charge in [-0.05, 0) is 68.5 Å². The van der Waals surface area contributed by atoms with E-state index in [2.05, 4.69) is 57.6 Å². The Morgan fingerprint density at radius 1 is 0.844 bits per heavy atom. The zero-order chi connectivity index (χ0) is 31.6. The Hall–Kier alpha value is -4.43. The van der Waals surface area contributed by atoms with Crippen LogP contribution in [0.4, 0.5) is 10.6 Å². The number of hydrogen-bond acceptors (Lipinski definition) is 4. The van der Waals surface area contributed by atoms with Gasteiger partial charge >= 0.3 is 6.09 Å². The molecule has 230 valence electrons. The number of carbonyl (C=O) groups is 2. The van der Waals surface area contributed by atoms with Crippen LogP contribution in [0.15, 0.2) is 114 Å². The molecule has 1 fully saturated rings. The van der Waals surface area contributed by atoms with Crippen molar-refractivity contribution in [2.45, 2.75) is 44.8 Å². The minimum atomic E-state index is -0.850. The second kappa shape index (κ2) is 12.5. The lowest BCUT2D eigenvalue weighted by atomic mass is 9.77. The van der Waals surface area contributed by atoms with Crippen LogP contribution in [0.5, 0.6) is 0 Å². The van der Waals surface area contributed by atoms with Crippen molar-refractivity contribution in [3.8, 4) is 0 Å². The Balaban J connectivity index is 1.47. The van der Waals surface area contributed by atoms with Crippen LogP contribution >= 0.6 is 15.9 Å². The number of aromatic nitrogens is 2. The fourth-order valence-electron chi connectivity index (χ4n) is 6.25. The molecule has 1 aromatic heterocycles. The number of fused-ring (bicyclic) bond motifs is 1. The van der Waals surface area contributed by atoms with Crippen LogP contribution < -0.4 is 5.32 Å². The molecule has 45 heavy (non-hydrogen) atoms. The molecule has 1 saturated heterocycles. The number of rotatable bonds is 6. The number of nitrogens with zero attached hydrogens (tertiary/aromatic N) is 3. The summed E-state index contributed by atoms with van der Waals surface area (Å²) in [5.74, 6) is -0.0851. The number of piperidine rings is 1. The molecular weight excluding hydrogens is 628 g/mol. The predicted molar refractivity (Wildman–Crippen MR) is 181 cm³/mol. The average Bonchev–Trinajstić information content (AvgIpc) is 3.39. The summed E-state index contributed by atoms with van der Waals surface area (Å²) in [6.45, 7) is 6.40. The molecule has 4 aromatic carbocycles. The fraction of sp³-hybridized carbons (Fsp3) is 0.270. The third kappa shape index (κ3) is 6.12. The Kier molecular flexibility index (Phi) is 8.51. The molecule has 2 amide bonds. The van der Waals surface area contributed by atoms with Crippen molar-refractivity contribution < 1.29 is 14.3 Å². The lowest BCUT2D eigenvalue weighted by Gasteiger charge is -2.37. The van der Waals surface area contributed by atoms with Gasteiger partial charge in [0.25, 0.3) is 0 Å². The summed E-state index contributed by atoms with van der Waals surface area (Å²) in [5.41, 5.74) is 2.52. The van der Waals surface area contributed by atoms with Crippen LogP contribution in [-0.4, -0.2) is 45.4 Å². The summed E-state index contributed by atoms with van der Waals surface area (Å²) in [6.07, 6.45) is 1.00. The lowest BCUT2D eigenvalue weighted by Crippen LogP contribution is -2.45. The topological polar surface area (TPSA) is 76.5 Å². The Morgan fingerprint density at radius 3 is 1.93 bits per heavy atom. The number of ether oxygens (including phenoxy) is 1. The number of likely N-dealkylation sites (tertiary alicyclic amines) is 1. The second-order valence-electron chi connectivity index (χ2n) is 12.5. The van der Waals surface area contributed by atoms with E-state index in [9.17, 15) is 9.59 Å². The maximum atomic E-state index is 13.9. The normalized spacial score (nSPS) is 15.6. The van der Waals surface area contributed by atoms with E-state index in [0.29, 0.717) is 25.3 Å². The van der Waals surface area contributed by atoms with Crippen LogP contribution in [0.1, 0.15) is 50.3 Å². The van der Waals surface area contributed by atoms with Crippen molar-refractivity contribution in [3.05, 3.63) is 130 Å². The highest BCUT2D eigenvalue weighted by Gasteiger charge is 2.41. The van der Waals surface area contributed by atoms with Gasteiger partial charge in [-0.1, -0.05) is 107 Å². The molecule has 1 aliphatic rings. The van der Waals surface area contributed by atoms with Gasteiger partial charge in [0.05, 0.1) is 11.4 Å². The number of anilines is 1. The van der Waals surface area contributed by atoms with Gasteiger partial charge in [-0.15, -0.1) is 0 Å². The lowest BCUT2D eigenvalue weighted by molar-refractivity contribution is -0.121. The summed E-state index contributed by atoms with van der Waals surface area (Å²) in [6, 6.07) is 37.1. The summed E-state index contributed by atoms with van der Waals surface area (Å²) in [7, 11) is 0. The van der Waals surface area contributed by atoms with E-state index in [1.54, 1.807) is 4.90 Å². The molecule has 0 aliphatic carbocycles. The quantitative estimate of drug-likeness (QED) is 0.186. The maximum Gasteiger partial charge on any atom is 0.410 e. The number of carbonyl (C=O) groups excluding carboxylic acids is 2. The average molecular weight is 666 g/mol. The van der Waals surface area contributed by atoms with Gasteiger partial charge < -0.3 is 15.0 Å². The number of amides is 2. The molecule has 8 heteroatoms. The van der Waals surface area contributed by atoms with E-state index in [-0.39, 0.29) is 11.8 Å². The molecular formula is C37H37BrN4O3. The van der Waals surface area contributed by atoms with Gasteiger partial charge in [-0.3, -0.25) is 4.79 Å². The first-order valence-electron chi connectivity index (χ1n) is 15.3. The minimum Gasteiger partial charge on any atom is -0.444 e. The molecule has 6 rings (SSSR count). The van der Waals surface area contributed by atoms with Crippen molar-refractivity contribution in [3.63, 3.8) is 0 Å². The Bertz CT molecular complexity index is 1700. The predicted octanol–water partition coefficient (Wildman–Crippen LogP) is 8.22. The minimum absolute atomic E-state index is 0.167. The third-order valence-corrected chi connectivity index (χ3v) is 8.71. The number of halogens is 1. The molecule has 0 unspecified atom stereocenters. The number of benzene rings is 4. The van der Waals surface area contributed by atoms with E-state index in [1.165, 1.54) is 0 Å². The molecule has 1 aliphatic heterocycles. The summed E-state index contributed by atoms with van der Waals surface area (Å²) < 4.78 is 8.51. The molecule has 0 bridgehead atoms. The van der Waals surface area contributed by atoms with Gasteiger partial charge in [0.1, 0.15) is 11.1 Å². The zero-order valence-corrected chi connectivity index (χ0v) is 27.3. The van der Waals surface area contributed by atoms with E-state index in [1.807, 2.05) is 98.2 Å². The largest absolute Gasteiger partial charge is 0.444 e. The van der Waals surface area contributed by atoms with Gasteiger partial charge in [0, 0.05) is 22.9 Å². The van der Waals surface area contributed by atoms with Crippen LogP contribution in [0.25, 0.3) is 10.9 Å². The molecule has 1 N–H and O–H groups in total. The number of nitrogens with one attached hydrogen (secondary N) is 1. The zero-order valence-electron chi connectivity index (χ0n) is 25.7. The third-order valence-electron chi connectivity index (χ3n) is 8.22. The van der Waals surface area contributed by atoms with Crippen molar-refractivity contribution >= 4 is 44.7 Å². The molecule has 1 atom stereocenters. The van der Waals surface area contributed by atoms with Gasteiger partial charge in [-0.25, -0.2) is 9.48 Å². The Morgan fingerprint density at radius 2 is 1.40 bits per heavy atom. The van der Waals surface area contributed by atoms with Gasteiger partial charge in [-0.2, -0.15) is 5.10 Å². The molecule has 0 saturated carbocycles. The van der Waals surface area contributed by atoms with E-state index < -0.39 is 17.2 Å². The van der Waals surface area contributed by atoms with Gasteiger partial charge in [0.2, 0.25) is 5.91 Å². The fourth-order valence-corrected chi connectivity index (χ4v) is 6.61. The standard InChI is InChI=1S/C37H37BrN4O3/c1-36(2,3)45-35(44)41-23-13-14-26(25-41)34(43)39-33-31-24-30(38)21-22-32(31)42(40-33)37(27-15-7-4-8-16-27,28-17-9-5-10-18-28)29-19-11-6-12-20-29/h4-12,15-22,24,26H,13-14,23,25H2,1-3H3,(H,39,40,43)/t26-/m1/s1. The van der Waals surface area contributed by atoms with E-state index >= 15 is 0 Å². The summed E-state index contributed by atoms with van der Waals surface area (Å²) >= 11 is 3.64. The van der Waals surface area contributed by atoms with E-state index in [0.717, 1.165) is 38.5 Å². The molecule has 0 radical (unpaired) electrons. The van der Waals surface area contributed by atoms with Crippen LogP contribution in [0, 0.1) is 5.92 Å². The van der Waals surface area contributed by atoms with E-state index in [4.69, 9.17) is 9.84 Å². The molecule has 5 aromatic rings. The summed E-state index contributed by atoms with van der Waals surface area (Å²) in [4.78, 5) is 28.3. The monoisotopic (exact) mass is 664 g/mol. The van der Waals surface area contributed by atoms with Gasteiger partial charge in [0.15, 0.2) is 5.82 Å². The van der Waals surface area contributed by atoms with Crippen molar-refractivity contribution in [2.24, 2.45) is 5.92 Å². The van der Waals surface area contributed by atoms with Crippen molar-refractivity contribution in [2.75, 3.05) is 18.4 Å². The smallest absolute Gasteiger partial charge is 0.410 e. The first kappa shape index (κ1) is 30.6. The Labute approximate surface area is 272 Å². The molecule has 2 heterocycles. The maximum absolute atomic E-state index is 13.9. The second-order valence-corrected chi connectivity index (χ2v) is 13.4. The van der Waals surface area contributed by atoms with Crippen molar-refractivity contribution in [1.29, 1.82) is 0 Å². The SMILES string of the molecule is CC(C)(C)OC(=O)N1CCC[C@@H](C(=O)Nc2nn(C(c3ccccc3)(c3ccccc3)c3ccccc3)c3ccc(Br)cc23)C1. The molecule has 7 nitrogen and oxygen atoms in total. The van der Waals surface area contributed by atoms with Crippen molar-refractivity contribution in [1.82, 2.24) is 14.7 Å². The highest BCUT2D eigenvalue weighted by Crippen LogP contribution is 2.43. The molecule has 0 spiro atoms. The van der Waals surface area contributed by atoms with Crippen LogP contribution in [0.2, 0.25) is 0 Å².